The smallest absolute Gasteiger partial charge is 0.338 e. The van der Waals surface area contributed by atoms with E-state index in [1.54, 1.807) is 25.3 Å². The minimum atomic E-state index is -0.362. The average molecular weight is 338 g/mol. The molecule has 0 spiro atoms. The van der Waals surface area contributed by atoms with Crippen LogP contribution in [0.1, 0.15) is 15.9 Å². The van der Waals surface area contributed by atoms with Crippen molar-refractivity contribution in [2.45, 2.75) is 0 Å². The third-order valence-electron chi connectivity index (χ3n) is 3.02. The van der Waals surface area contributed by atoms with Gasteiger partial charge < -0.3 is 23.7 Å². The van der Waals surface area contributed by atoms with Gasteiger partial charge in [-0.2, -0.15) is 0 Å². The second-order valence-electron chi connectivity index (χ2n) is 4.79. The maximum Gasteiger partial charge on any atom is 0.338 e. The standard InChI is InChI=1S/C18H26O6/c1-3-16-4-6-17(7-5-16)18(19)24-15-14-23-13-12-22-11-10-21-9-8-20-2/h3-7H,1,8-15H2,2H3. The second kappa shape index (κ2) is 13.7. The van der Waals surface area contributed by atoms with E-state index in [-0.39, 0.29) is 12.6 Å². The van der Waals surface area contributed by atoms with Crippen LogP contribution < -0.4 is 0 Å². The van der Waals surface area contributed by atoms with E-state index in [9.17, 15) is 4.79 Å². The van der Waals surface area contributed by atoms with Gasteiger partial charge in [0.05, 0.1) is 51.8 Å². The van der Waals surface area contributed by atoms with Crippen molar-refractivity contribution in [3.05, 3.63) is 42.0 Å². The Hall–Kier alpha value is -1.73. The minimum absolute atomic E-state index is 0.210. The van der Waals surface area contributed by atoms with Crippen LogP contribution in [-0.4, -0.2) is 65.9 Å². The monoisotopic (exact) mass is 338 g/mol. The number of methoxy groups -OCH3 is 1. The summed E-state index contributed by atoms with van der Waals surface area (Å²) in [6, 6.07) is 7.05. The first-order chi connectivity index (χ1) is 11.8. The lowest BCUT2D eigenvalue weighted by Crippen LogP contribution is -2.14. The quantitative estimate of drug-likeness (QED) is 0.383. The van der Waals surface area contributed by atoms with Crippen LogP contribution in [0.25, 0.3) is 6.08 Å². The van der Waals surface area contributed by atoms with Crippen LogP contribution >= 0.6 is 0 Å². The molecule has 0 atom stereocenters. The molecule has 24 heavy (non-hydrogen) atoms. The van der Waals surface area contributed by atoms with E-state index < -0.39 is 0 Å². The van der Waals surface area contributed by atoms with E-state index in [1.807, 2.05) is 12.1 Å². The largest absolute Gasteiger partial charge is 0.460 e. The Morgan fingerprint density at radius 3 is 1.88 bits per heavy atom. The Bertz CT molecular complexity index is 457. The number of benzene rings is 1. The molecule has 0 saturated carbocycles. The molecule has 0 bridgehead atoms. The van der Waals surface area contributed by atoms with Crippen molar-refractivity contribution in [1.82, 2.24) is 0 Å². The molecule has 0 N–H and O–H groups in total. The Balaban J connectivity index is 1.94. The van der Waals surface area contributed by atoms with Gasteiger partial charge in [-0.15, -0.1) is 0 Å². The molecular formula is C18H26O6. The normalized spacial score (nSPS) is 10.5. The summed E-state index contributed by atoms with van der Waals surface area (Å²) in [4.78, 5) is 11.8. The first-order valence-electron chi connectivity index (χ1n) is 7.89. The van der Waals surface area contributed by atoms with Crippen LogP contribution in [0.5, 0.6) is 0 Å². The number of hydrogen-bond donors (Lipinski definition) is 0. The fourth-order valence-electron chi connectivity index (χ4n) is 1.72. The van der Waals surface area contributed by atoms with Crippen LogP contribution in [-0.2, 0) is 23.7 Å². The van der Waals surface area contributed by atoms with Gasteiger partial charge in [-0.1, -0.05) is 24.8 Å². The highest BCUT2D eigenvalue weighted by molar-refractivity contribution is 5.89. The Kier molecular flexibility index (Phi) is 11.6. The predicted molar refractivity (Wildman–Crippen MR) is 91.1 cm³/mol. The molecule has 0 heterocycles. The van der Waals surface area contributed by atoms with Gasteiger partial charge in [-0.05, 0) is 17.7 Å². The summed E-state index contributed by atoms with van der Waals surface area (Å²) in [5.41, 5.74) is 1.47. The summed E-state index contributed by atoms with van der Waals surface area (Å²) >= 11 is 0. The molecule has 0 unspecified atom stereocenters. The first kappa shape index (κ1) is 20.3. The van der Waals surface area contributed by atoms with E-state index in [1.165, 1.54) is 0 Å². The molecule has 0 saturated heterocycles. The van der Waals surface area contributed by atoms with Crippen molar-refractivity contribution in [2.24, 2.45) is 0 Å². The third-order valence-corrected chi connectivity index (χ3v) is 3.02. The predicted octanol–water partition coefficient (Wildman–Crippen LogP) is 2.18. The number of hydrogen-bond acceptors (Lipinski definition) is 6. The van der Waals surface area contributed by atoms with Gasteiger partial charge >= 0.3 is 5.97 Å². The highest BCUT2D eigenvalue weighted by Gasteiger charge is 2.06. The zero-order chi connectivity index (χ0) is 17.5. The lowest BCUT2D eigenvalue weighted by molar-refractivity contribution is -0.00551. The van der Waals surface area contributed by atoms with Crippen LogP contribution in [0, 0.1) is 0 Å². The van der Waals surface area contributed by atoms with Crippen LogP contribution in [0.2, 0.25) is 0 Å². The lowest BCUT2D eigenvalue weighted by atomic mass is 10.1. The number of esters is 1. The molecule has 0 fully saturated rings. The molecular weight excluding hydrogens is 312 g/mol. The van der Waals surface area contributed by atoms with Gasteiger partial charge in [0.15, 0.2) is 0 Å². The van der Waals surface area contributed by atoms with Gasteiger partial charge in [-0.3, -0.25) is 0 Å². The number of carbonyl (C=O) groups is 1. The maximum atomic E-state index is 11.8. The van der Waals surface area contributed by atoms with E-state index >= 15 is 0 Å². The number of rotatable bonds is 14. The van der Waals surface area contributed by atoms with Gasteiger partial charge in [0.25, 0.3) is 0 Å². The Morgan fingerprint density at radius 1 is 0.875 bits per heavy atom. The lowest BCUT2D eigenvalue weighted by Gasteiger charge is -2.07. The summed E-state index contributed by atoms with van der Waals surface area (Å²) in [6.07, 6.45) is 1.72. The molecule has 0 aliphatic rings. The summed E-state index contributed by atoms with van der Waals surface area (Å²) in [5.74, 6) is -0.362. The zero-order valence-corrected chi connectivity index (χ0v) is 14.2. The molecule has 6 nitrogen and oxygen atoms in total. The Morgan fingerprint density at radius 2 is 1.38 bits per heavy atom. The number of ether oxygens (including phenoxy) is 5. The van der Waals surface area contributed by atoms with E-state index in [4.69, 9.17) is 23.7 Å². The van der Waals surface area contributed by atoms with E-state index in [0.717, 1.165) is 5.56 Å². The van der Waals surface area contributed by atoms with Crippen molar-refractivity contribution >= 4 is 12.0 Å². The molecule has 134 valence electrons. The van der Waals surface area contributed by atoms with Crippen molar-refractivity contribution in [3.8, 4) is 0 Å². The summed E-state index contributed by atoms with van der Waals surface area (Å²) in [7, 11) is 1.63. The fourth-order valence-corrected chi connectivity index (χ4v) is 1.72. The summed E-state index contributed by atoms with van der Waals surface area (Å²) in [6.45, 7) is 7.34. The molecule has 0 radical (unpaired) electrons. The van der Waals surface area contributed by atoms with Crippen LogP contribution in [0.3, 0.4) is 0 Å². The zero-order valence-electron chi connectivity index (χ0n) is 14.2. The van der Waals surface area contributed by atoms with Crippen LogP contribution in [0.4, 0.5) is 0 Å². The second-order valence-corrected chi connectivity index (χ2v) is 4.79. The van der Waals surface area contributed by atoms with E-state index in [2.05, 4.69) is 6.58 Å². The topological polar surface area (TPSA) is 63.2 Å². The van der Waals surface area contributed by atoms with Gasteiger partial charge in [0, 0.05) is 7.11 Å². The van der Waals surface area contributed by atoms with Gasteiger partial charge in [0.1, 0.15) is 6.61 Å². The number of carbonyl (C=O) groups excluding carboxylic acids is 1. The molecule has 1 aromatic rings. The average Bonchev–Trinajstić information content (AvgIpc) is 2.62. The van der Waals surface area contributed by atoms with Crippen molar-refractivity contribution in [3.63, 3.8) is 0 Å². The molecule has 0 aromatic heterocycles. The molecule has 6 heteroatoms. The molecule has 0 amide bonds. The minimum Gasteiger partial charge on any atom is -0.460 e. The SMILES string of the molecule is C=Cc1ccc(C(=O)OCCOCCOCCOCCOC)cc1. The van der Waals surface area contributed by atoms with Gasteiger partial charge in [-0.25, -0.2) is 4.79 Å². The molecule has 0 aliphatic heterocycles. The summed E-state index contributed by atoms with van der Waals surface area (Å²) < 4.78 is 25.9. The Labute approximate surface area is 143 Å². The molecule has 0 aliphatic carbocycles. The first-order valence-corrected chi connectivity index (χ1v) is 7.89. The van der Waals surface area contributed by atoms with Crippen molar-refractivity contribution in [2.75, 3.05) is 60.0 Å². The van der Waals surface area contributed by atoms with Crippen LogP contribution in [0.15, 0.2) is 30.8 Å². The molecule has 1 aromatic carbocycles. The fraction of sp³-hybridized carbons (Fsp3) is 0.500. The molecule has 1 rings (SSSR count). The van der Waals surface area contributed by atoms with Crippen molar-refractivity contribution < 1.29 is 28.5 Å². The van der Waals surface area contributed by atoms with E-state index in [0.29, 0.717) is 51.8 Å². The highest BCUT2D eigenvalue weighted by Crippen LogP contribution is 2.06. The maximum absolute atomic E-state index is 11.8. The summed E-state index contributed by atoms with van der Waals surface area (Å²) in [5, 5.41) is 0. The third kappa shape index (κ3) is 9.42. The van der Waals surface area contributed by atoms with Crippen molar-refractivity contribution in [1.29, 1.82) is 0 Å². The highest BCUT2D eigenvalue weighted by atomic mass is 16.6. The van der Waals surface area contributed by atoms with Gasteiger partial charge in [0.2, 0.25) is 0 Å².